The Morgan fingerprint density at radius 1 is 1.64 bits per heavy atom. The van der Waals surface area contributed by atoms with Crippen molar-refractivity contribution in [3.63, 3.8) is 0 Å². The van der Waals surface area contributed by atoms with Crippen molar-refractivity contribution in [1.29, 1.82) is 0 Å². The predicted molar refractivity (Wildman–Crippen MR) is 44.8 cm³/mol. The van der Waals surface area contributed by atoms with Crippen LogP contribution in [0.4, 0.5) is 0 Å². The molecule has 3 heteroatoms. The quantitative estimate of drug-likeness (QED) is 0.572. The van der Waals surface area contributed by atoms with E-state index in [1.54, 1.807) is 7.11 Å². The molecule has 11 heavy (non-hydrogen) atoms. The van der Waals surface area contributed by atoms with Crippen molar-refractivity contribution in [3.8, 4) is 0 Å². The maximum absolute atomic E-state index is 6.24. The molecule has 3 atom stereocenters. The van der Waals surface area contributed by atoms with Gasteiger partial charge in [0.2, 0.25) is 0 Å². The third-order valence-electron chi connectivity index (χ3n) is 2.39. The van der Waals surface area contributed by atoms with Gasteiger partial charge in [0.1, 0.15) is 0 Å². The smallest absolute Gasteiger partial charge is 0.158 e. The minimum absolute atomic E-state index is 0.117. The van der Waals surface area contributed by atoms with Gasteiger partial charge < -0.3 is 9.47 Å². The molecular formula is C8H15ClO2. The summed E-state index contributed by atoms with van der Waals surface area (Å²) in [6.45, 7) is 4.82. The lowest BCUT2D eigenvalue weighted by Gasteiger charge is -2.37. The molecule has 0 aromatic rings. The van der Waals surface area contributed by atoms with Gasteiger partial charge in [0.05, 0.1) is 11.5 Å². The third-order valence-corrected chi connectivity index (χ3v) is 2.92. The summed E-state index contributed by atoms with van der Waals surface area (Å²) >= 11 is 6.24. The zero-order chi connectivity index (χ0) is 8.48. The van der Waals surface area contributed by atoms with Gasteiger partial charge in [-0.25, -0.2) is 0 Å². The fourth-order valence-electron chi connectivity index (χ4n) is 1.16. The summed E-state index contributed by atoms with van der Waals surface area (Å²) in [5, 5.41) is 0. The van der Waals surface area contributed by atoms with Gasteiger partial charge in [0, 0.05) is 13.5 Å². The zero-order valence-corrected chi connectivity index (χ0v) is 8.02. The Labute approximate surface area is 72.8 Å². The molecule has 1 rings (SSSR count). The van der Waals surface area contributed by atoms with Crippen molar-refractivity contribution in [1.82, 2.24) is 0 Å². The average molecular weight is 179 g/mol. The van der Waals surface area contributed by atoms with Crippen molar-refractivity contribution in [2.24, 2.45) is 5.92 Å². The van der Waals surface area contributed by atoms with Crippen LogP contribution in [0.3, 0.4) is 0 Å². The molecular weight excluding hydrogens is 164 g/mol. The van der Waals surface area contributed by atoms with E-state index >= 15 is 0 Å². The van der Waals surface area contributed by atoms with Crippen molar-refractivity contribution < 1.29 is 9.47 Å². The molecule has 0 aromatic heterocycles. The number of hydrogen-bond donors (Lipinski definition) is 0. The van der Waals surface area contributed by atoms with E-state index in [4.69, 9.17) is 21.1 Å². The van der Waals surface area contributed by atoms with Gasteiger partial charge in [-0.3, -0.25) is 0 Å². The first-order valence-electron chi connectivity index (χ1n) is 3.89. The lowest BCUT2D eigenvalue weighted by molar-refractivity contribution is -0.166. The number of ether oxygens (including phenoxy) is 2. The lowest BCUT2D eigenvalue weighted by Crippen LogP contribution is -2.41. The predicted octanol–water partition coefficient (Wildman–Crippen LogP) is 2.01. The van der Waals surface area contributed by atoms with Gasteiger partial charge in [-0.1, -0.05) is 6.92 Å². The molecule has 0 saturated carbocycles. The highest BCUT2D eigenvalue weighted by atomic mass is 35.5. The topological polar surface area (TPSA) is 18.5 Å². The molecule has 1 fully saturated rings. The molecule has 0 bridgehead atoms. The van der Waals surface area contributed by atoms with Crippen LogP contribution in [0.1, 0.15) is 20.3 Å². The van der Waals surface area contributed by atoms with Crippen LogP contribution < -0.4 is 0 Å². The van der Waals surface area contributed by atoms with Gasteiger partial charge in [-0.15, -0.1) is 11.6 Å². The highest BCUT2D eigenvalue weighted by Gasteiger charge is 2.36. The van der Waals surface area contributed by atoms with E-state index in [-0.39, 0.29) is 11.2 Å². The SMILES string of the molecule is CO[C@@H]1C[C@@](C)(Cl)[C@H](C)CO1. The van der Waals surface area contributed by atoms with Crippen LogP contribution in [0.2, 0.25) is 0 Å². The second-order valence-corrected chi connectivity index (χ2v) is 4.25. The minimum atomic E-state index is -0.168. The van der Waals surface area contributed by atoms with Crippen LogP contribution in [0.15, 0.2) is 0 Å². The molecule has 2 nitrogen and oxygen atoms in total. The molecule has 0 radical (unpaired) electrons. The standard InChI is InChI=1S/C8H15ClO2/c1-6-5-11-7(10-3)4-8(6,2)9/h6-7H,4-5H2,1-3H3/t6-,7+,8-/m1/s1. The lowest BCUT2D eigenvalue weighted by atomic mass is 9.90. The average Bonchev–Trinajstić information content (AvgIpc) is 1.95. The van der Waals surface area contributed by atoms with E-state index in [1.165, 1.54) is 0 Å². The van der Waals surface area contributed by atoms with E-state index in [0.717, 1.165) is 6.42 Å². The summed E-state index contributed by atoms with van der Waals surface area (Å²) in [4.78, 5) is -0.168. The molecule has 0 N–H and O–H groups in total. The Morgan fingerprint density at radius 2 is 2.27 bits per heavy atom. The Kier molecular flexibility index (Phi) is 2.79. The highest BCUT2D eigenvalue weighted by Crippen LogP contribution is 2.35. The first-order valence-corrected chi connectivity index (χ1v) is 4.27. The van der Waals surface area contributed by atoms with Crippen molar-refractivity contribution in [2.45, 2.75) is 31.4 Å². The van der Waals surface area contributed by atoms with Crippen molar-refractivity contribution in [2.75, 3.05) is 13.7 Å². The third kappa shape index (κ3) is 2.08. The van der Waals surface area contributed by atoms with Crippen LogP contribution in [0.25, 0.3) is 0 Å². The molecule has 1 heterocycles. The molecule has 0 spiro atoms. The van der Waals surface area contributed by atoms with Crippen LogP contribution in [-0.4, -0.2) is 24.9 Å². The summed E-state index contributed by atoms with van der Waals surface area (Å²) in [5.41, 5.74) is 0. The normalized spacial score (nSPS) is 45.8. The zero-order valence-electron chi connectivity index (χ0n) is 7.26. The Bertz CT molecular complexity index is 136. The van der Waals surface area contributed by atoms with E-state index < -0.39 is 0 Å². The molecule has 1 aliphatic rings. The Balaban J connectivity index is 2.52. The number of rotatable bonds is 1. The summed E-state index contributed by atoms with van der Waals surface area (Å²) in [6.07, 6.45) is 0.653. The summed E-state index contributed by atoms with van der Waals surface area (Å²) < 4.78 is 10.4. The molecule has 66 valence electrons. The molecule has 1 aliphatic heterocycles. The number of alkyl halides is 1. The first kappa shape index (κ1) is 9.30. The number of hydrogen-bond acceptors (Lipinski definition) is 2. The van der Waals surface area contributed by atoms with Gasteiger partial charge >= 0.3 is 0 Å². The molecule has 0 unspecified atom stereocenters. The Morgan fingerprint density at radius 3 is 2.73 bits per heavy atom. The summed E-state index contributed by atoms with van der Waals surface area (Å²) in [7, 11) is 1.65. The monoisotopic (exact) mass is 178 g/mol. The van der Waals surface area contributed by atoms with Crippen LogP contribution in [0.5, 0.6) is 0 Å². The molecule has 0 amide bonds. The van der Waals surface area contributed by atoms with Gasteiger partial charge in [0.15, 0.2) is 6.29 Å². The number of halogens is 1. The fourth-order valence-corrected chi connectivity index (χ4v) is 1.35. The number of methoxy groups -OCH3 is 1. The first-order chi connectivity index (χ1) is 5.06. The van der Waals surface area contributed by atoms with Crippen molar-refractivity contribution in [3.05, 3.63) is 0 Å². The Hall–Kier alpha value is 0.210. The van der Waals surface area contributed by atoms with Crippen molar-refractivity contribution >= 4 is 11.6 Å². The highest BCUT2D eigenvalue weighted by molar-refractivity contribution is 6.23. The summed E-state index contributed by atoms with van der Waals surface area (Å²) in [5.74, 6) is 0.399. The molecule has 0 aliphatic carbocycles. The van der Waals surface area contributed by atoms with Crippen LogP contribution in [0, 0.1) is 5.92 Å². The maximum Gasteiger partial charge on any atom is 0.158 e. The van der Waals surface area contributed by atoms with E-state index in [0.29, 0.717) is 12.5 Å². The maximum atomic E-state index is 6.24. The summed E-state index contributed by atoms with van der Waals surface area (Å²) in [6, 6.07) is 0. The fraction of sp³-hybridized carbons (Fsp3) is 1.00. The van der Waals surface area contributed by atoms with E-state index in [9.17, 15) is 0 Å². The van der Waals surface area contributed by atoms with Gasteiger partial charge in [0.25, 0.3) is 0 Å². The van der Waals surface area contributed by atoms with E-state index in [2.05, 4.69) is 6.92 Å². The van der Waals surface area contributed by atoms with E-state index in [1.807, 2.05) is 6.92 Å². The molecule has 1 saturated heterocycles. The second kappa shape index (κ2) is 3.30. The van der Waals surface area contributed by atoms with Gasteiger partial charge in [-0.05, 0) is 12.8 Å². The van der Waals surface area contributed by atoms with Gasteiger partial charge in [-0.2, -0.15) is 0 Å². The van der Waals surface area contributed by atoms with Crippen LogP contribution in [-0.2, 0) is 9.47 Å². The largest absolute Gasteiger partial charge is 0.356 e. The minimum Gasteiger partial charge on any atom is -0.356 e. The van der Waals surface area contributed by atoms with Crippen LogP contribution >= 0.6 is 11.6 Å². The molecule has 0 aromatic carbocycles. The second-order valence-electron chi connectivity index (χ2n) is 3.38.